The van der Waals surface area contributed by atoms with Crippen LogP contribution >= 0.6 is 0 Å². The molecular formula is C26H28O11. The van der Waals surface area contributed by atoms with Crippen molar-refractivity contribution in [3.63, 3.8) is 0 Å². The zero-order chi connectivity index (χ0) is 26.5. The van der Waals surface area contributed by atoms with Crippen LogP contribution in [0.5, 0.6) is 23.0 Å². The number of carbonyl (C=O) groups is 2. The summed E-state index contributed by atoms with van der Waals surface area (Å²) in [5, 5.41) is 48.3. The summed E-state index contributed by atoms with van der Waals surface area (Å²) in [6.07, 6.45) is -0.204. The lowest BCUT2D eigenvalue weighted by atomic mass is 9.79. The SMILES string of the molecule is O=C(C[C@@H]1C(C(=O)OCCc2ccc(O)c(O)c2)=CO[C@@H]2CO[C@H](O)[C@H]12)OCCc1ccc(O)c(O)c1. The largest absolute Gasteiger partial charge is 0.504 e. The molecule has 2 aromatic rings. The lowest BCUT2D eigenvalue weighted by Crippen LogP contribution is -2.40. The van der Waals surface area contributed by atoms with Gasteiger partial charge in [0.2, 0.25) is 0 Å². The predicted molar refractivity (Wildman–Crippen MR) is 125 cm³/mol. The molecule has 0 bridgehead atoms. The maximum atomic E-state index is 12.9. The quantitative estimate of drug-likeness (QED) is 0.242. The Morgan fingerprint density at radius 2 is 1.46 bits per heavy atom. The molecule has 0 unspecified atom stereocenters. The van der Waals surface area contributed by atoms with Crippen LogP contribution in [-0.2, 0) is 41.4 Å². The molecule has 1 fully saturated rings. The van der Waals surface area contributed by atoms with Gasteiger partial charge in [0.25, 0.3) is 0 Å². The summed E-state index contributed by atoms with van der Waals surface area (Å²) in [6.45, 7) is 0.0669. The van der Waals surface area contributed by atoms with Gasteiger partial charge in [-0.1, -0.05) is 12.1 Å². The summed E-state index contributed by atoms with van der Waals surface area (Å²) in [6, 6.07) is 8.58. The second-order valence-corrected chi connectivity index (χ2v) is 8.86. The Morgan fingerprint density at radius 3 is 2.05 bits per heavy atom. The van der Waals surface area contributed by atoms with Gasteiger partial charge in [-0.15, -0.1) is 0 Å². The molecule has 0 spiro atoms. The molecule has 0 aromatic heterocycles. The molecule has 198 valence electrons. The van der Waals surface area contributed by atoms with Crippen molar-refractivity contribution in [2.75, 3.05) is 19.8 Å². The molecule has 0 radical (unpaired) electrons. The number of hydrogen-bond donors (Lipinski definition) is 5. The van der Waals surface area contributed by atoms with Gasteiger partial charge in [0.05, 0.1) is 44.0 Å². The molecule has 1 saturated heterocycles. The third-order valence-electron chi connectivity index (χ3n) is 6.40. The fraction of sp³-hybridized carbons (Fsp3) is 0.385. The van der Waals surface area contributed by atoms with E-state index in [-0.39, 0.29) is 61.2 Å². The Kier molecular flexibility index (Phi) is 8.04. The van der Waals surface area contributed by atoms with E-state index in [2.05, 4.69) is 0 Å². The molecule has 11 nitrogen and oxygen atoms in total. The standard InChI is InChI=1S/C26H28O11/c27-18-3-1-14(9-20(18)29)5-7-34-23(31)11-16-17(12-36-22-13-37-26(33)24(16)22)25(32)35-8-6-15-2-4-19(28)21(30)10-15/h1-4,9-10,12,16,22,24,26-30,33H,5-8,11,13H2/t16-,22-,24-,26+/m1/s1. The number of ether oxygens (including phenoxy) is 4. The van der Waals surface area contributed by atoms with Crippen molar-refractivity contribution >= 4 is 11.9 Å². The van der Waals surface area contributed by atoms with Crippen molar-refractivity contribution in [3.05, 3.63) is 59.4 Å². The maximum Gasteiger partial charge on any atom is 0.337 e. The molecule has 37 heavy (non-hydrogen) atoms. The van der Waals surface area contributed by atoms with Crippen LogP contribution in [0.2, 0.25) is 0 Å². The molecule has 11 heteroatoms. The van der Waals surface area contributed by atoms with Crippen LogP contribution in [0.4, 0.5) is 0 Å². The van der Waals surface area contributed by atoms with Crippen LogP contribution in [0.3, 0.4) is 0 Å². The van der Waals surface area contributed by atoms with Crippen molar-refractivity contribution in [1.29, 1.82) is 0 Å². The normalized spacial score (nSPS) is 22.5. The number of hydrogen-bond acceptors (Lipinski definition) is 11. The predicted octanol–water partition coefficient (Wildman–Crippen LogP) is 1.63. The lowest BCUT2D eigenvalue weighted by Gasteiger charge is -2.33. The second kappa shape index (κ2) is 11.4. The fourth-order valence-corrected chi connectivity index (χ4v) is 4.40. The van der Waals surface area contributed by atoms with E-state index in [0.29, 0.717) is 17.5 Å². The van der Waals surface area contributed by atoms with E-state index >= 15 is 0 Å². The molecule has 2 aromatic carbocycles. The fourth-order valence-electron chi connectivity index (χ4n) is 4.40. The highest BCUT2D eigenvalue weighted by molar-refractivity contribution is 5.90. The van der Waals surface area contributed by atoms with Crippen LogP contribution in [0.25, 0.3) is 0 Å². The molecule has 0 saturated carbocycles. The van der Waals surface area contributed by atoms with E-state index in [9.17, 15) is 35.1 Å². The number of carbonyl (C=O) groups excluding carboxylic acids is 2. The lowest BCUT2D eigenvalue weighted by molar-refractivity contribution is -0.148. The van der Waals surface area contributed by atoms with E-state index in [0.717, 1.165) is 0 Å². The van der Waals surface area contributed by atoms with Crippen molar-refractivity contribution in [3.8, 4) is 23.0 Å². The van der Waals surface area contributed by atoms with Crippen LogP contribution in [0, 0.1) is 11.8 Å². The number of phenols is 4. The second-order valence-electron chi connectivity index (χ2n) is 8.86. The van der Waals surface area contributed by atoms with Gasteiger partial charge >= 0.3 is 11.9 Å². The average Bonchev–Trinajstić information content (AvgIpc) is 3.24. The summed E-state index contributed by atoms with van der Waals surface area (Å²) >= 11 is 0. The monoisotopic (exact) mass is 516 g/mol. The van der Waals surface area contributed by atoms with E-state index < -0.39 is 36.2 Å². The minimum atomic E-state index is -1.24. The topological polar surface area (TPSA) is 172 Å². The van der Waals surface area contributed by atoms with Gasteiger partial charge in [-0.3, -0.25) is 4.79 Å². The average molecular weight is 516 g/mol. The molecule has 5 N–H and O–H groups in total. The van der Waals surface area contributed by atoms with Crippen molar-refractivity contribution < 1.29 is 54.1 Å². The number of benzene rings is 2. The van der Waals surface area contributed by atoms with E-state index in [1.54, 1.807) is 12.1 Å². The Labute approximate surface area is 212 Å². The summed E-state index contributed by atoms with van der Waals surface area (Å²) in [5.41, 5.74) is 1.36. The first kappa shape index (κ1) is 26.1. The van der Waals surface area contributed by atoms with Gasteiger partial charge in [-0.2, -0.15) is 0 Å². The number of phenolic OH excluding ortho intramolecular Hbond substituents is 4. The summed E-state index contributed by atoms with van der Waals surface area (Å²) in [7, 11) is 0. The van der Waals surface area contributed by atoms with Crippen LogP contribution < -0.4 is 0 Å². The van der Waals surface area contributed by atoms with Gasteiger partial charge in [0, 0.05) is 18.8 Å². The van der Waals surface area contributed by atoms with Gasteiger partial charge in [-0.05, 0) is 35.4 Å². The van der Waals surface area contributed by atoms with Crippen LogP contribution in [0.15, 0.2) is 48.2 Å². The molecular weight excluding hydrogens is 488 g/mol. The third-order valence-corrected chi connectivity index (χ3v) is 6.40. The summed E-state index contributed by atoms with van der Waals surface area (Å²) in [5.74, 6) is -3.84. The number of aliphatic hydroxyl groups excluding tert-OH is 1. The molecule has 4 rings (SSSR count). The first-order valence-corrected chi connectivity index (χ1v) is 11.7. The molecule has 2 aliphatic heterocycles. The maximum absolute atomic E-state index is 12.9. The molecule has 0 amide bonds. The van der Waals surface area contributed by atoms with Crippen LogP contribution in [-0.4, -0.2) is 69.7 Å². The van der Waals surface area contributed by atoms with Gasteiger partial charge < -0.3 is 44.5 Å². The van der Waals surface area contributed by atoms with Gasteiger partial charge in [0.1, 0.15) is 6.10 Å². The van der Waals surface area contributed by atoms with Crippen molar-refractivity contribution in [1.82, 2.24) is 0 Å². The highest BCUT2D eigenvalue weighted by atomic mass is 16.6. The first-order valence-electron chi connectivity index (χ1n) is 11.7. The summed E-state index contributed by atoms with van der Waals surface area (Å²) < 4.78 is 21.5. The highest BCUT2D eigenvalue weighted by Crippen LogP contribution is 2.40. The molecule has 2 heterocycles. The third kappa shape index (κ3) is 6.25. The minimum Gasteiger partial charge on any atom is -0.504 e. The molecule has 4 atom stereocenters. The Hall–Kier alpha value is -3.96. The Bertz CT molecular complexity index is 1180. The zero-order valence-corrected chi connectivity index (χ0v) is 19.8. The number of aliphatic hydroxyl groups is 1. The highest BCUT2D eigenvalue weighted by Gasteiger charge is 2.49. The minimum absolute atomic E-state index is 0.00237. The number of fused-ring (bicyclic) bond motifs is 1. The zero-order valence-electron chi connectivity index (χ0n) is 19.8. The van der Waals surface area contributed by atoms with E-state index in [1.165, 1.54) is 30.5 Å². The van der Waals surface area contributed by atoms with E-state index in [4.69, 9.17) is 18.9 Å². The Morgan fingerprint density at radius 1 is 0.865 bits per heavy atom. The van der Waals surface area contributed by atoms with Gasteiger partial charge in [-0.25, -0.2) is 4.79 Å². The molecule has 0 aliphatic carbocycles. The number of aromatic hydroxyl groups is 4. The summed E-state index contributed by atoms with van der Waals surface area (Å²) in [4.78, 5) is 25.5. The van der Waals surface area contributed by atoms with E-state index in [1.807, 2.05) is 0 Å². The smallest absolute Gasteiger partial charge is 0.337 e. The Balaban J connectivity index is 1.36. The van der Waals surface area contributed by atoms with Crippen molar-refractivity contribution in [2.45, 2.75) is 31.7 Å². The van der Waals surface area contributed by atoms with Gasteiger partial charge in [0.15, 0.2) is 29.3 Å². The number of esters is 2. The number of rotatable bonds is 9. The van der Waals surface area contributed by atoms with Crippen LogP contribution in [0.1, 0.15) is 17.5 Å². The van der Waals surface area contributed by atoms with Crippen molar-refractivity contribution in [2.24, 2.45) is 11.8 Å². The first-order chi connectivity index (χ1) is 17.7. The molecule has 2 aliphatic rings.